The van der Waals surface area contributed by atoms with Gasteiger partial charge in [0.05, 0.1) is 41.1 Å². The van der Waals surface area contributed by atoms with Crippen LogP contribution in [0.2, 0.25) is 5.02 Å². The van der Waals surface area contributed by atoms with Gasteiger partial charge in [-0.05, 0) is 38.7 Å². The molecule has 0 aliphatic carbocycles. The first-order valence-corrected chi connectivity index (χ1v) is 13.0. The van der Waals surface area contributed by atoms with Crippen molar-refractivity contribution < 1.29 is 9.53 Å². The van der Waals surface area contributed by atoms with Gasteiger partial charge in [-0.3, -0.25) is 4.79 Å². The van der Waals surface area contributed by atoms with Crippen LogP contribution in [-0.2, 0) is 4.79 Å². The van der Waals surface area contributed by atoms with E-state index in [1.165, 1.54) is 6.08 Å². The second-order valence-electron chi connectivity index (χ2n) is 9.46. The van der Waals surface area contributed by atoms with E-state index in [4.69, 9.17) is 21.3 Å². The van der Waals surface area contributed by atoms with Gasteiger partial charge in [-0.1, -0.05) is 43.3 Å². The number of halogens is 1. The Labute approximate surface area is 233 Å². The van der Waals surface area contributed by atoms with Crippen molar-refractivity contribution in [2.75, 3.05) is 50.3 Å². The number of likely N-dealkylation sites (N-methyl/N-ethyl adjacent to an activating group) is 2. The molecule has 4 rings (SSSR count). The van der Waals surface area contributed by atoms with Crippen LogP contribution in [0.15, 0.2) is 61.4 Å². The number of rotatable bonds is 11. The molecule has 0 saturated heterocycles. The van der Waals surface area contributed by atoms with E-state index in [-0.39, 0.29) is 11.9 Å². The van der Waals surface area contributed by atoms with Gasteiger partial charge in [0.2, 0.25) is 11.9 Å². The number of nitrogens with zero attached hydrogens (tertiary/aromatic N) is 4. The smallest absolute Gasteiger partial charge is 0.247 e. The molecule has 0 saturated carbocycles. The van der Waals surface area contributed by atoms with Gasteiger partial charge in [0, 0.05) is 48.4 Å². The van der Waals surface area contributed by atoms with Crippen LogP contribution in [0.25, 0.3) is 22.2 Å². The van der Waals surface area contributed by atoms with Crippen LogP contribution in [0.3, 0.4) is 0 Å². The number of aromatic amines is 1. The van der Waals surface area contributed by atoms with Crippen LogP contribution in [0.5, 0.6) is 5.75 Å². The maximum absolute atomic E-state index is 12.4. The Balaban J connectivity index is 1.75. The molecule has 1 amide bonds. The third kappa shape index (κ3) is 6.16. The van der Waals surface area contributed by atoms with E-state index in [0.29, 0.717) is 33.8 Å². The molecule has 1 unspecified atom stereocenters. The Hall–Kier alpha value is -4.08. The Morgan fingerprint density at radius 3 is 2.69 bits per heavy atom. The van der Waals surface area contributed by atoms with Gasteiger partial charge < -0.3 is 30.2 Å². The zero-order chi connectivity index (χ0) is 28.1. The largest absolute Gasteiger partial charge is 0.494 e. The number of amides is 1. The number of nitrogens with one attached hydrogen (secondary N) is 3. The first-order chi connectivity index (χ1) is 18.7. The van der Waals surface area contributed by atoms with E-state index in [2.05, 4.69) is 43.9 Å². The van der Waals surface area contributed by atoms with Crippen molar-refractivity contribution in [2.45, 2.75) is 19.4 Å². The summed E-state index contributed by atoms with van der Waals surface area (Å²) in [5, 5.41) is 7.63. The van der Waals surface area contributed by atoms with Crippen LogP contribution in [0, 0.1) is 0 Å². The molecule has 0 radical (unpaired) electrons. The van der Waals surface area contributed by atoms with Gasteiger partial charge in [-0.25, -0.2) is 9.97 Å². The Bertz CT molecular complexity index is 1480. The molecule has 1 atom stereocenters. The molecule has 0 bridgehead atoms. The van der Waals surface area contributed by atoms with Crippen molar-refractivity contribution in [3.05, 3.63) is 66.5 Å². The standard InChI is InChI=1S/C29H34ClN7O2/c1-7-18(17-36(3)4)37(5)25-14-26(39-6)24(13-23(25)33-27(38)8-2)34-29-32-16-21(30)28(35-29)20-15-31-22-12-10-9-11-19(20)22/h8-16,18,31H,2,7,17H2,1,3-6H3,(H,33,38)(H,32,34,35). The zero-order valence-electron chi connectivity index (χ0n) is 22.9. The zero-order valence-corrected chi connectivity index (χ0v) is 23.6. The van der Waals surface area contributed by atoms with Crippen molar-refractivity contribution in [3.8, 4) is 17.0 Å². The average molecular weight is 548 g/mol. The van der Waals surface area contributed by atoms with Gasteiger partial charge in [0.1, 0.15) is 5.75 Å². The highest BCUT2D eigenvalue weighted by Gasteiger charge is 2.21. The summed E-state index contributed by atoms with van der Waals surface area (Å²) in [7, 11) is 7.70. The van der Waals surface area contributed by atoms with E-state index in [1.807, 2.05) is 63.7 Å². The normalized spacial score (nSPS) is 11.9. The number of hydrogen-bond acceptors (Lipinski definition) is 7. The molecule has 2 aromatic carbocycles. The SMILES string of the molecule is C=CC(=O)Nc1cc(Nc2ncc(Cl)c(-c3c[nH]c4ccccc34)n2)c(OC)cc1N(C)C(CC)CN(C)C. The maximum atomic E-state index is 12.4. The lowest BCUT2D eigenvalue weighted by atomic mass is 10.1. The molecule has 9 nitrogen and oxygen atoms in total. The van der Waals surface area contributed by atoms with Gasteiger partial charge in [-0.15, -0.1) is 0 Å². The average Bonchev–Trinajstić information content (AvgIpc) is 3.36. The lowest BCUT2D eigenvalue weighted by Gasteiger charge is -2.33. The summed E-state index contributed by atoms with van der Waals surface area (Å²) in [6.07, 6.45) is 5.61. The highest BCUT2D eigenvalue weighted by Crippen LogP contribution is 2.39. The predicted molar refractivity (Wildman–Crippen MR) is 160 cm³/mol. The number of anilines is 4. The molecule has 0 aliphatic heterocycles. The number of methoxy groups -OCH3 is 1. The van der Waals surface area contributed by atoms with E-state index < -0.39 is 0 Å². The molecule has 3 N–H and O–H groups in total. The minimum atomic E-state index is -0.314. The number of carbonyl (C=O) groups excluding carboxylic acids is 1. The number of fused-ring (bicyclic) bond motifs is 1. The van der Waals surface area contributed by atoms with Gasteiger partial charge in [0.25, 0.3) is 0 Å². The topological polar surface area (TPSA) is 98.4 Å². The highest BCUT2D eigenvalue weighted by atomic mass is 35.5. The molecule has 39 heavy (non-hydrogen) atoms. The minimum absolute atomic E-state index is 0.209. The van der Waals surface area contributed by atoms with Crippen LogP contribution in [-0.4, -0.2) is 66.6 Å². The number of carbonyl (C=O) groups is 1. The fraction of sp³-hybridized carbons (Fsp3) is 0.276. The van der Waals surface area contributed by atoms with E-state index in [0.717, 1.165) is 35.1 Å². The van der Waals surface area contributed by atoms with E-state index >= 15 is 0 Å². The molecule has 0 aliphatic rings. The van der Waals surface area contributed by atoms with Crippen LogP contribution >= 0.6 is 11.6 Å². The van der Waals surface area contributed by atoms with Crippen LogP contribution in [0.1, 0.15) is 13.3 Å². The number of H-pyrrole nitrogens is 1. The number of ether oxygens (including phenoxy) is 1. The predicted octanol–water partition coefficient (Wildman–Crippen LogP) is 5.93. The van der Waals surface area contributed by atoms with Crippen molar-refractivity contribution in [1.82, 2.24) is 19.9 Å². The number of benzene rings is 2. The maximum Gasteiger partial charge on any atom is 0.247 e. The molecule has 0 spiro atoms. The van der Waals surface area contributed by atoms with Crippen LogP contribution in [0.4, 0.5) is 23.0 Å². The van der Waals surface area contributed by atoms with Crippen molar-refractivity contribution in [3.63, 3.8) is 0 Å². The summed E-state index contributed by atoms with van der Waals surface area (Å²) in [6.45, 7) is 6.59. The van der Waals surface area contributed by atoms with Crippen molar-refractivity contribution >= 4 is 51.4 Å². The highest BCUT2D eigenvalue weighted by molar-refractivity contribution is 6.33. The van der Waals surface area contributed by atoms with Gasteiger partial charge >= 0.3 is 0 Å². The molecule has 4 aromatic rings. The third-order valence-electron chi connectivity index (χ3n) is 6.57. The molecule has 2 heterocycles. The molecule has 2 aromatic heterocycles. The Morgan fingerprint density at radius 1 is 1.23 bits per heavy atom. The number of para-hydroxylation sites is 1. The third-order valence-corrected chi connectivity index (χ3v) is 6.85. The summed E-state index contributed by atoms with van der Waals surface area (Å²) < 4.78 is 5.75. The fourth-order valence-electron chi connectivity index (χ4n) is 4.56. The number of aromatic nitrogens is 3. The first-order valence-electron chi connectivity index (χ1n) is 12.6. The molecular formula is C29H34ClN7O2. The lowest BCUT2D eigenvalue weighted by molar-refractivity contribution is -0.111. The summed E-state index contributed by atoms with van der Waals surface area (Å²) in [5.41, 5.74) is 4.46. The molecular weight excluding hydrogens is 514 g/mol. The van der Waals surface area contributed by atoms with Gasteiger partial charge in [0.15, 0.2) is 0 Å². The summed E-state index contributed by atoms with van der Waals surface area (Å²) >= 11 is 6.53. The Morgan fingerprint density at radius 2 is 2.00 bits per heavy atom. The molecule has 204 valence electrons. The van der Waals surface area contributed by atoms with E-state index in [1.54, 1.807) is 13.3 Å². The lowest BCUT2D eigenvalue weighted by Crippen LogP contribution is -2.39. The molecule has 10 heteroatoms. The minimum Gasteiger partial charge on any atom is -0.494 e. The summed E-state index contributed by atoms with van der Waals surface area (Å²) in [5.74, 6) is 0.588. The van der Waals surface area contributed by atoms with E-state index in [9.17, 15) is 4.79 Å². The second kappa shape index (κ2) is 12.2. The summed E-state index contributed by atoms with van der Waals surface area (Å²) in [4.78, 5) is 29.0. The van der Waals surface area contributed by atoms with Crippen molar-refractivity contribution in [2.24, 2.45) is 0 Å². The van der Waals surface area contributed by atoms with Crippen molar-refractivity contribution in [1.29, 1.82) is 0 Å². The van der Waals surface area contributed by atoms with Crippen LogP contribution < -0.4 is 20.3 Å². The fourth-order valence-corrected chi connectivity index (χ4v) is 4.75. The number of hydrogen-bond donors (Lipinski definition) is 3. The first kappa shape index (κ1) is 27.9. The Kier molecular flexibility index (Phi) is 8.73. The summed E-state index contributed by atoms with van der Waals surface area (Å²) in [6, 6.07) is 11.9. The quantitative estimate of drug-likeness (QED) is 0.200. The van der Waals surface area contributed by atoms with Gasteiger partial charge in [-0.2, -0.15) is 0 Å². The second-order valence-corrected chi connectivity index (χ2v) is 9.87. The monoisotopic (exact) mass is 547 g/mol. The molecule has 0 fully saturated rings.